The molecular formula is C23H28N4O4. The van der Waals surface area contributed by atoms with E-state index in [0.717, 1.165) is 29.8 Å². The highest BCUT2D eigenvalue weighted by molar-refractivity contribution is 5.95. The number of aromatic nitrogens is 4. The van der Waals surface area contributed by atoms with Crippen molar-refractivity contribution in [3.05, 3.63) is 65.5 Å². The summed E-state index contributed by atoms with van der Waals surface area (Å²) < 4.78 is 13.1. The van der Waals surface area contributed by atoms with E-state index < -0.39 is 11.8 Å². The lowest BCUT2D eigenvalue weighted by atomic mass is 10.0. The molecule has 0 saturated heterocycles. The molecule has 31 heavy (non-hydrogen) atoms. The number of carboxylic acids is 1. The van der Waals surface area contributed by atoms with E-state index >= 15 is 0 Å². The van der Waals surface area contributed by atoms with E-state index in [9.17, 15) is 9.90 Å². The van der Waals surface area contributed by atoms with Gasteiger partial charge in [-0.05, 0) is 29.2 Å². The first kappa shape index (κ1) is 22.6. The Morgan fingerprint density at radius 3 is 2.42 bits per heavy atom. The van der Waals surface area contributed by atoms with Crippen LogP contribution < -0.4 is 0 Å². The highest BCUT2D eigenvalue weighted by atomic mass is 16.7. The van der Waals surface area contributed by atoms with Crippen molar-refractivity contribution in [2.75, 3.05) is 14.2 Å². The molecule has 3 aromatic rings. The van der Waals surface area contributed by atoms with Crippen molar-refractivity contribution in [3.8, 4) is 11.1 Å². The summed E-state index contributed by atoms with van der Waals surface area (Å²) in [5.74, 6) is -0.576. The first-order valence-electron chi connectivity index (χ1n) is 10.3. The number of hydrogen-bond acceptors (Lipinski definition) is 6. The number of aryl methyl sites for hydroxylation is 1. The summed E-state index contributed by atoms with van der Waals surface area (Å²) >= 11 is 0. The normalized spacial score (nSPS) is 11.6. The molecule has 0 spiro atoms. The first-order chi connectivity index (χ1) is 15.0. The summed E-state index contributed by atoms with van der Waals surface area (Å²) in [6, 6.07) is 9.47. The van der Waals surface area contributed by atoms with Crippen LogP contribution in [0.5, 0.6) is 0 Å². The number of methoxy groups -OCH3 is 2. The van der Waals surface area contributed by atoms with E-state index in [1.165, 1.54) is 6.20 Å². The maximum Gasteiger partial charge on any atom is 0.337 e. The molecule has 0 aliphatic carbocycles. The van der Waals surface area contributed by atoms with Gasteiger partial charge in [0, 0.05) is 39.5 Å². The van der Waals surface area contributed by atoms with Gasteiger partial charge in [-0.2, -0.15) is 0 Å². The van der Waals surface area contributed by atoms with Crippen LogP contribution in [0.3, 0.4) is 0 Å². The molecule has 164 valence electrons. The van der Waals surface area contributed by atoms with E-state index in [2.05, 4.69) is 11.9 Å². The Balaban J connectivity index is 1.90. The predicted octanol–water partition coefficient (Wildman–Crippen LogP) is 3.89. The second-order valence-corrected chi connectivity index (χ2v) is 7.20. The molecule has 0 bridgehead atoms. The predicted molar refractivity (Wildman–Crippen MR) is 116 cm³/mol. The van der Waals surface area contributed by atoms with Crippen LogP contribution >= 0.6 is 0 Å². The Morgan fingerprint density at radius 2 is 1.84 bits per heavy atom. The fourth-order valence-electron chi connectivity index (χ4n) is 3.56. The van der Waals surface area contributed by atoms with Crippen LogP contribution in [0.4, 0.5) is 0 Å². The van der Waals surface area contributed by atoms with Gasteiger partial charge in [0.1, 0.15) is 5.82 Å². The van der Waals surface area contributed by atoms with Crippen molar-refractivity contribution in [2.24, 2.45) is 0 Å². The van der Waals surface area contributed by atoms with Crippen molar-refractivity contribution in [1.29, 1.82) is 0 Å². The largest absolute Gasteiger partial charge is 0.478 e. The summed E-state index contributed by atoms with van der Waals surface area (Å²) in [4.78, 5) is 20.1. The van der Waals surface area contributed by atoms with Crippen LogP contribution in [0, 0.1) is 0 Å². The van der Waals surface area contributed by atoms with Gasteiger partial charge in [0.15, 0.2) is 0 Å². The molecular weight excluding hydrogens is 396 g/mol. The maximum absolute atomic E-state index is 11.5. The van der Waals surface area contributed by atoms with E-state index in [-0.39, 0.29) is 5.56 Å². The fourth-order valence-corrected chi connectivity index (χ4v) is 3.56. The molecule has 2 heterocycles. The molecule has 0 atom stereocenters. The quantitative estimate of drug-likeness (QED) is 0.493. The molecule has 1 N–H and O–H groups in total. The number of carbonyl (C=O) groups is 1. The lowest BCUT2D eigenvalue weighted by Crippen LogP contribution is -2.31. The zero-order chi connectivity index (χ0) is 22.4. The van der Waals surface area contributed by atoms with Gasteiger partial charge in [-0.25, -0.2) is 14.5 Å². The summed E-state index contributed by atoms with van der Waals surface area (Å²) in [5, 5.41) is 14.1. The minimum Gasteiger partial charge on any atom is -0.478 e. The van der Waals surface area contributed by atoms with Crippen LogP contribution in [0.25, 0.3) is 11.1 Å². The molecule has 0 saturated carbocycles. The second kappa shape index (κ2) is 9.80. The van der Waals surface area contributed by atoms with Crippen LogP contribution in [0.15, 0.2) is 42.7 Å². The van der Waals surface area contributed by atoms with Crippen molar-refractivity contribution in [1.82, 2.24) is 19.7 Å². The Hall–Kier alpha value is -3.10. The minimum absolute atomic E-state index is 0.177. The van der Waals surface area contributed by atoms with Crippen molar-refractivity contribution < 1.29 is 19.4 Å². The molecule has 0 unspecified atom stereocenters. The molecule has 2 aromatic heterocycles. The summed E-state index contributed by atoms with van der Waals surface area (Å²) in [5.41, 5.74) is 2.66. The number of pyridine rings is 1. The monoisotopic (exact) mass is 424 g/mol. The van der Waals surface area contributed by atoms with Crippen molar-refractivity contribution in [2.45, 2.75) is 45.4 Å². The number of ether oxygens (including phenoxy) is 2. The van der Waals surface area contributed by atoms with Gasteiger partial charge in [0.25, 0.3) is 0 Å². The lowest BCUT2D eigenvalue weighted by molar-refractivity contribution is -0.222. The summed E-state index contributed by atoms with van der Waals surface area (Å²) in [6.45, 7) is 4.61. The third kappa shape index (κ3) is 4.65. The second-order valence-electron chi connectivity index (χ2n) is 7.20. The summed E-state index contributed by atoms with van der Waals surface area (Å²) in [6.07, 6.45) is 5.27. The number of benzene rings is 1. The smallest absolute Gasteiger partial charge is 0.337 e. The van der Waals surface area contributed by atoms with E-state index in [1.807, 2.05) is 35.9 Å². The van der Waals surface area contributed by atoms with Crippen molar-refractivity contribution in [3.63, 3.8) is 0 Å². The molecule has 0 amide bonds. The van der Waals surface area contributed by atoms with Gasteiger partial charge in [-0.15, -0.1) is 5.10 Å². The minimum atomic E-state index is -0.998. The average molecular weight is 425 g/mol. The first-order valence-corrected chi connectivity index (χ1v) is 10.3. The van der Waals surface area contributed by atoms with Gasteiger partial charge < -0.3 is 14.6 Å². The molecule has 0 radical (unpaired) electrons. The molecule has 0 aliphatic rings. The van der Waals surface area contributed by atoms with E-state index in [1.54, 1.807) is 26.5 Å². The third-order valence-corrected chi connectivity index (χ3v) is 5.34. The SMILES string of the molecule is CCCc1nc(C(CC)(OC)OC)nn1Cc1ccc(-c2ccncc2C(=O)O)cc1. The number of carboxylic acid groups (broad SMARTS) is 1. The number of rotatable bonds is 10. The fraction of sp³-hybridized carbons (Fsp3) is 0.391. The van der Waals surface area contributed by atoms with E-state index in [0.29, 0.717) is 24.4 Å². The maximum atomic E-state index is 11.5. The molecule has 1 aromatic carbocycles. The van der Waals surface area contributed by atoms with Gasteiger partial charge >= 0.3 is 5.97 Å². The zero-order valence-corrected chi connectivity index (χ0v) is 18.3. The lowest BCUT2D eigenvalue weighted by Gasteiger charge is -2.26. The molecule has 8 nitrogen and oxygen atoms in total. The van der Waals surface area contributed by atoms with Gasteiger partial charge in [0.05, 0.1) is 12.1 Å². The van der Waals surface area contributed by atoms with Crippen LogP contribution in [-0.2, 0) is 28.2 Å². The van der Waals surface area contributed by atoms with Gasteiger partial charge in [0.2, 0.25) is 11.6 Å². The number of nitrogens with zero attached hydrogens (tertiary/aromatic N) is 4. The standard InChI is InChI=1S/C23H28N4O4/c1-5-7-20-25-22(23(6-2,30-3)31-4)26-27(20)15-16-8-10-17(11-9-16)18-12-13-24-14-19(18)21(28)29/h8-14H,5-7,15H2,1-4H3,(H,28,29). The Labute approximate surface area is 181 Å². The number of hydrogen-bond donors (Lipinski definition) is 1. The van der Waals surface area contributed by atoms with Gasteiger partial charge in [-0.1, -0.05) is 38.1 Å². The van der Waals surface area contributed by atoms with Crippen molar-refractivity contribution >= 4 is 5.97 Å². The number of aromatic carboxylic acids is 1. The van der Waals surface area contributed by atoms with E-state index in [4.69, 9.17) is 19.6 Å². The zero-order valence-electron chi connectivity index (χ0n) is 18.3. The Morgan fingerprint density at radius 1 is 1.13 bits per heavy atom. The van der Waals surface area contributed by atoms with Crippen LogP contribution in [0.2, 0.25) is 0 Å². The van der Waals surface area contributed by atoms with Crippen LogP contribution in [0.1, 0.15) is 54.3 Å². The topological polar surface area (TPSA) is 99.4 Å². The molecule has 3 rings (SSSR count). The third-order valence-electron chi connectivity index (χ3n) is 5.34. The Kier molecular flexibility index (Phi) is 7.14. The van der Waals surface area contributed by atoms with Crippen LogP contribution in [-0.4, -0.2) is 45.0 Å². The highest BCUT2D eigenvalue weighted by Crippen LogP contribution is 2.28. The molecule has 0 fully saturated rings. The molecule has 8 heteroatoms. The van der Waals surface area contributed by atoms with Gasteiger partial charge in [-0.3, -0.25) is 4.98 Å². The Bertz CT molecular complexity index is 1020. The highest BCUT2D eigenvalue weighted by Gasteiger charge is 2.35. The average Bonchev–Trinajstić information content (AvgIpc) is 3.19. The molecule has 0 aliphatic heterocycles. The summed E-state index contributed by atoms with van der Waals surface area (Å²) in [7, 11) is 3.19.